The van der Waals surface area contributed by atoms with Gasteiger partial charge in [0.1, 0.15) is 6.61 Å². The zero-order valence-corrected chi connectivity index (χ0v) is 42.2. The van der Waals surface area contributed by atoms with E-state index in [4.69, 9.17) is 9.47 Å². The van der Waals surface area contributed by atoms with Gasteiger partial charge >= 0.3 is 11.9 Å². The van der Waals surface area contributed by atoms with Gasteiger partial charge in [0.05, 0.1) is 6.61 Å². The fourth-order valence-electron chi connectivity index (χ4n) is 7.31. The molecule has 0 spiro atoms. The van der Waals surface area contributed by atoms with Crippen LogP contribution in [0.3, 0.4) is 0 Å². The molecule has 0 aliphatic carbocycles. The number of hydrogen-bond donors (Lipinski definition) is 1. The Kier molecular flexibility index (Phi) is 52.0. The number of hydrogen-bond acceptors (Lipinski definition) is 5. The van der Waals surface area contributed by atoms with Gasteiger partial charge in [0, 0.05) is 12.8 Å². The van der Waals surface area contributed by atoms with E-state index in [0.717, 1.165) is 116 Å². The molecule has 1 N–H and O–H groups in total. The molecule has 1 atom stereocenters. The molecule has 0 radical (unpaired) electrons. The fraction of sp³-hybridized carbons (Fsp3) is 0.667. The monoisotopic (exact) mass is 901 g/mol. The molecule has 370 valence electrons. The van der Waals surface area contributed by atoms with Gasteiger partial charge in [-0.3, -0.25) is 9.59 Å². The van der Waals surface area contributed by atoms with E-state index in [0.29, 0.717) is 12.8 Å². The van der Waals surface area contributed by atoms with Crippen molar-refractivity contribution in [1.82, 2.24) is 0 Å². The molecule has 0 rings (SSSR count). The van der Waals surface area contributed by atoms with Crippen LogP contribution in [0.4, 0.5) is 0 Å². The Morgan fingerprint density at radius 3 is 1.00 bits per heavy atom. The van der Waals surface area contributed by atoms with E-state index >= 15 is 0 Å². The Hall–Kier alpha value is -3.44. The SMILES string of the molecule is CC/C=C\C/C=C\C/C=C\C/C=C\C/C=C\C/C=C\C/C=C\C/C=C\C/C=C\CCCCCCCC(=O)OC(CO)COC(=O)CCCCCCCCCCCCCCCCCCCC. The molecule has 0 saturated carbocycles. The molecule has 5 heteroatoms. The highest BCUT2D eigenvalue weighted by Gasteiger charge is 2.16. The van der Waals surface area contributed by atoms with Gasteiger partial charge in [0.2, 0.25) is 0 Å². The van der Waals surface area contributed by atoms with Crippen LogP contribution in [0.2, 0.25) is 0 Å². The van der Waals surface area contributed by atoms with E-state index in [1.54, 1.807) is 0 Å². The minimum absolute atomic E-state index is 0.0772. The Balaban J connectivity index is 3.62. The minimum Gasteiger partial charge on any atom is -0.462 e. The van der Waals surface area contributed by atoms with Crippen LogP contribution in [0.25, 0.3) is 0 Å². The van der Waals surface area contributed by atoms with Gasteiger partial charge in [-0.1, -0.05) is 252 Å². The van der Waals surface area contributed by atoms with Crippen LogP contribution < -0.4 is 0 Å². The predicted molar refractivity (Wildman–Crippen MR) is 283 cm³/mol. The summed E-state index contributed by atoms with van der Waals surface area (Å²) in [4.78, 5) is 24.5. The zero-order chi connectivity index (χ0) is 47.0. The molecule has 0 aliphatic rings. The molecule has 0 aliphatic heterocycles. The third-order valence-electron chi connectivity index (χ3n) is 11.3. The Labute approximate surface area is 401 Å². The molecule has 0 saturated heterocycles. The maximum Gasteiger partial charge on any atom is 0.306 e. The lowest BCUT2D eigenvalue weighted by Crippen LogP contribution is -2.28. The van der Waals surface area contributed by atoms with Crippen molar-refractivity contribution >= 4 is 11.9 Å². The number of rotatable bonds is 48. The fourth-order valence-corrected chi connectivity index (χ4v) is 7.31. The molecule has 0 fully saturated rings. The van der Waals surface area contributed by atoms with Crippen molar-refractivity contribution in [1.29, 1.82) is 0 Å². The summed E-state index contributed by atoms with van der Waals surface area (Å²) in [7, 11) is 0. The minimum atomic E-state index is -0.788. The molecule has 65 heavy (non-hydrogen) atoms. The van der Waals surface area contributed by atoms with Gasteiger partial charge in [-0.25, -0.2) is 0 Å². The van der Waals surface area contributed by atoms with Crippen molar-refractivity contribution in [3.05, 3.63) is 109 Å². The summed E-state index contributed by atoms with van der Waals surface area (Å²) in [5.41, 5.74) is 0. The average Bonchev–Trinajstić information content (AvgIpc) is 3.31. The zero-order valence-electron chi connectivity index (χ0n) is 42.2. The van der Waals surface area contributed by atoms with Crippen molar-refractivity contribution in [2.24, 2.45) is 0 Å². The molecule has 0 bridgehead atoms. The number of unbranched alkanes of at least 4 members (excludes halogenated alkanes) is 22. The maximum absolute atomic E-state index is 12.3. The van der Waals surface area contributed by atoms with Crippen LogP contribution in [0.5, 0.6) is 0 Å². The molecule has 5 nitrogen and oxygen atoms in total. The first-order chi connectivity index (χ1) is 32.1. The van der Waals surface area contributed by atoms with Crippen LogP contribution in [0.1, 0.15) is 239 Å². The molecule has 0 amide bonds. The van der Waals surface area contributed by atoms with Crippen molar-refractivity contribution in [2.75, 3.05) is 13.2 Å². The van der Waals surface area contributed by atoms with Crippen LogP contribution in [0, 0.1) is 0 Å². The average molecular weight is 901 g/mol. The van der Waals surface area contributed by atoms with Crippen molar-refractivity contribution in [3.63, 3.8) is 0 Å². The number of aliphatic hydroxyl groups is 1. The normalized spacial score (nSPS) is 13.1. The molecule has 0 aromatic rings. The highest BCUT2D eigenvalue weighted by atomic mass is 16.6. The van der Waals surface area contributed by atoms with Crippen molar-refractivity contribution in [3.8, 4) is 0 Å². The lowest BCUT2D eigenvalue weighted by molar-refractivity contribution is -0.161. The first-order valence-corrected chi connectivity index (χ1v) is 26.9. The van der Waals surface area contributed by atoms with E-state index < -0.39 is 6.10 Å². The summed E-state index contributed by atoms with van der Waals surface area (Å²) in [6.45, 7) is 4.02. The van der Waals surface area contributed by atoms with Crippen LogP contribution in [-0.2, 0) is 19.1 Å². The summed E-state index contributed by atoms with van der Waals surface area (Å²) in [5.74, 6) is -0.612. The summed E-state index contributed by atoms with van der Waals surface area (Å²) in [6, 6.07) is 0. The van der Waals surface area contributed by atoms with E-state index in [1.165, 1.54) is 96.3 Å². The highest BCUT2D eigenvalue weighted by molar-refractivity contribution is 5.70. The van der Waals surface area contributed by atoms with Gasteiger partial charge < -0.3 is 14.6 Å². The summed E-state index contributed by atoms with van der Waals surface area (Å²) >= 11 is 0. The van der Waals surface area contributed by atoms with Crippen LogP contribution in [-0.4, -0.2) is 36.4 Å². The summed E-state index contributed by atoms with van der Waals surface area (Å²) < 4.78 is 10.7. The van der Waals surface area contributed by atoms with Crippen molar-refractivity contribution < 1.29 is 24.2 Å². The first kappa shape index (κ1) is 61.6. The van der Waals surface area contributed by atoms with Crippen molar-refractivity contribution in [2.45, 2.75) is 245 Å². The second-order valence-corrected chi connectivity index (χ2v) is 17.6. The highest BCUT2D eigenvalue weighted by Crippen LogP contribution is 2.15. The third-order valence-corrected chi connectivity index (χ3v) is 11.3. The molecule has 0 aromatic heterocycles. The molecule has 0 heterocycles. The standard InChI is InChI=1S/C60H100O5/c1-3-5-7-9-11-13-15-17-19-21-23-24-25-26-27-28-29-30-31-32-33-34-35-36-37-39-41-43-45-47-49-51-53-55-60(63)65-58(56-61)57-64-59(62)54-52-50-48-46-44-42-40-38-22-20-18-16-14-12-10-8-6-4-2/h5,7,11,13,17,19,23-24,26-27,29-30,32-33,35-36,39,41,58,61H,3-4,6,8-10,12,14-16,18,20-22,25,28,31,34,37-38,40,42-57H2,1-2H3/b7-5-,13-11-,19-17-,24-23-,27-26-,30-29-,33-32-,36-35-,41-39-. The Morgan fingerprint density at radius 1 is 0.369 bits per heavy atom. The largest absolute Gasteiger partial charge is 0.462 e. The van der Waals surface area contributed by atoms with Gasteiger partial charge in [0.25, 0.3) is 0 Å². The second-order valence-electron chi connectivity index (χ2n) is 17.6. The van der Waals surface area contributed by atoms with E-state index in [-0.39, 0.29) is 25.2 Å². The summed E-state index contributed by atoms with van der Waals surface area (Å²) in [6.07, 6.45) is 79.0. The Morgan fingerprint density at radius 2 is 0.662 bits per heavy atom. The quantitative estimate of drug-likeness (QED) is 0.0374. The Bertz CT molecular complexity index is 1290. The number of esters is 2. The predicted octanol–water partition coefficient (Wildman–Crippen LogP) is 18.1. The van der Waals surface area contributed by atoms with Gasteiger partial charge in [-0.2, -0.15) is 0 Å². The number of carbonyl (C=O) groups excluding carboxylic acids is 2. The van der Waals surface area contributed by atoms with E-state index in [1.807, 2.05) is 0 Å². The first-order valence-electron chi connectivity index (χ1n) is 26.9. The van der Waals surface area contributed by atoms with Crippen LogP contribution >= 0.6 is 0 Å². The second kappa shape index (κ2) is 54.9. The van der Waals surface area contributed by atoms with Gasteiger partial charge in [0.15, 0.2) is 6.10 Å². The van der Waals surface area contributed by atoms with Crippen LogP contribution in [0.15, 0.2) is 109 Å². The third kappa shape index (κ3) is 53.1. The lowest BCUT2D eigenvalue weighted by Gasteiger charge is -2.15. The number of ether oxygens (including phenoxy) is 2. The molecular formula is C60H100O5. The maximum atomic E-state index is 12.3. The number of carbonyl (C=O) groups is 2. The molecule has 0 aromatic carbocycles. The van der Waals surface area contributed by atoms with Gasteiger partial charge in [-0.05, 0) is 83.5 Å². The molecular weight excluding hydrogens is 801 g/mol. The number of allylic oxidation sites excluding steroid dienone is 18. The molecule has 1 unspecified atom stereocenters. The smallest absolute Gasteiger partial charge is 0.306 e. The van der Waals surface area contributed by atoms with Gasteiger partial charge in [-0.15, -0.1) is 0 Å². The summed E-state index contributed by atoms with van der Waals surface area (Å²) in [5, 5.41) is 9.63. The van der Waals surface area contributed by atoms with E-state index in [2.05, 4.69) is 123 Å². The number of aliphatic hydroxyl groups excluding tert-OH is 1. The van der Waals surface area contributed by atoms with E-state index in [9.17, 15) is 14.7 Å². The topological polar surface area (TPSA) is 72.8 Å². The lowest BCUT2D eigenvalue weighted by atomic mass is 10.0.